The molecule has 0 bridgehead atoms. The first-order valence-corrected chi connectivity index (χ1v) is 9.46. The molecule has 0 unspecified atom stereocenters. The number of methoxy groups -OCH3 is 3. The lowest BCUT2D eigenvalue weighted by atomic mass is 9.75. The van der Waals surface area contributed by atoms with Gasteiger partial charge >= 0.3 is 5.97 Å². The smallest absolute Gasteiger partial charge is 0.336 e. The maximum atomic E-state index is 12.8. The maximum Gasteiger partial charge on any atom is 0.336 e. The van der Waals surface area contributed by atoms with Crippen molar-refractivity contribution in [2.75, 3.05) is 21.3 Å². The molecule has 0 saturated carbocycles. The number of allylic oxidation sites excluding steroid dienone is 3. The minimum Gasteiger partial charge on any atom is -0.493 e. The van der Waals surface area contributed by atoms with Crippen LogP contribution in [0.5, 0.6) is 11.5 Å². The summed E-state index contributed by atoms with van der Waals surface area (Å²) in [6, 6.07) is 3.59. The number of esters is 1. The second-order valence-electron chi connectivity index (χ2n) is 6.49. The van der Waals surface area contributed by atoms with Gasteiger partial charge in [-0.2, -0.15) is 0 Å². The molecule has 1 aromatic carbocycles. The molecule has 1 aliphatic heterocycles. The predicted octanol–water partition coefficient (Wildman–Crippen LogP) is 3.61. The van der Waals surface area contributed by atoms with E-state index in [1.54, 1.807) is 20.3 Å². The second kappa shape index (κ2) is 7.76. The van der Waals surface area contributed by atoms with Crippen molar-refractivity contribution in [3.8, 4) is 11.5 Å². The first-order valence-electron chi connectivity index (χ1n) is 8.66. The van der Waals surface area contributed by atoms with E-state index < -0.39 is 11.9 Å². The number of carbonyl (C=O) groups is 2. The molecule has 1 heterocycles. The van der Waals surface area contributed by atoms with Crippen LogP contribution in [0.25, 0.3) is 0 Å². The molecule has 6 nitrogen and oxygen atoms in total. The van der Waals surface area contributed by atoms with Gasteiger partial charge in [0.2, 0.25) is 0 Å². The first-order chi connectivity index (χ1) is 12.9. The fourth-order valence-corrected chi connectivity index (χ4v) is 4.32. The molecule has 1 aliphatic carbocycles. The van der Waals surface area contributed by atoms with Gasteiger partial charge in [-0.15, -0.1) is 0 Å². The Morgan fingerprint density at radius 1 is 1.15 bits per heavy atom. The summed E-state index contributed by atoms with van der Waals surface area (Å²) < 4.78 is 16.5. The van der Waals surface area contributed by atoms with Crippen molar-refractivity contribution in [1.82, 2.24) is 5.32 Å². The fourth-order valence-electron chi connectivity index (χ4n) is 3.77. The van der Waals surface area contributed by atoms with Crippen molar-refractivity contribution in [2.45, 2.75) is 32.1 Å². The van der Waals surface area contributed by atoms with Gasteiger partial charge < -0.3 is 19.5 Å². The summed E-state index contributed by atoms with van der Waals surface area (Å²) in [7, 11) is 4.45. The van der Waals surface area contributed by atoms with Crippen LogP contribution in [-0.4, -0.2) is 33.1 Å². The normalized spacial score (nSPS) is 19.4. The molecule has 0 radical (unpaired) electrons. The van der Waals surface area contributed by atoms with Crippen molar-refractivity contribution in [3.05, 3.63) is 44.7 Å². The minimum atomic E-state index is -0.532. The summed E-state index contributed by atoms with van der Waals surface area (Å²) in [6.07, 6.45) is 2.04. The zero-order chi connectivity index (χ0) is 19.7. The number of nitrogens with one attached hydrogen (secondary N) is 1. The molecule has 0 aromatic heterocycles. The number of halogens is 1. The van der Waals surface area contributed by atoms with E-state index in [2.05, 4.69) is 21.2 Å². The highest BCUT2D eigenvalue weighted by atomic mass is 79.9. The average molecular weight is 436 g/mol. The van der Waals surface area contributed by atoms with E-state index in [-0.39, 0.29) is 5.78 Å². The Morgan fingerprint density at radius 3 is 2.44 bits per heavy atom. The Labute approximate surface area is 166 Å². The van der Waals surface area contributed by atoms with Gasteiger partial charge in [-0.05, 0) is 37.5 Å². The molecule has 7 heteroatoms. The zero-order valence-electron chi connectivity index (χ0n) is 15.8. The second-order valence-corrected chi connectivity index (χ2v) is 7.34. The standard InChI is InChI=1S/C20H22BrNO5/c1-10-17(20(24)27-4)18(19-13(22-10)6-5-7-14(19)23)11-8-15(25-2)16(26-3)9-12(11)21/h8-9,18,22H,5-7H2,1-4H3/t18-/m1/s1. The minimum absolute atomic E-state index is 0.0457. The van der Waals surface area contributed by atoms with Crippen molar-refractivity contribution in [2.24, 2.45) is 0 Å². The van der Waals surface area contributed by atoms with Crippen LogP contribution in [0.2, 0.25) is 0 Å². The summed E-state index contributed by atoms with van der Waals surface area (Å²) in [5.41, 5.74) is 3.39. The molecule has 27 heavy (non-hydrogen) atoms. The van der Waals surface area contributed by atoms with Gasteiger partial charge in [-0.1, -0.05) is 15.9 Å². The van der Waals surface area contributed by atoms with E-state index in [9.17, 15) is 9.59 Å². The highest BCUT2D eigenvalue weighted by molar-refractivity contribution is 9.10. The van der Waals surface area contributed by atoms with E-state index in [1.807, 2.05) is 13.0 Å². The summed E-state index contributed by atoms with van der Waals surface area (Å²) in [5, 5.41) is 3.25. The van der Waals surface area contributed by atoms with Gasteiger partial charge in [0.15, 0.2) is 17.3 Å². The van der Waals surface area contributed by atoms with Gasteiger partial charge in [0, 0.05) is 33.8 Å². The number of ketones is 1. The quantitative estimate of drug-likeness (QED) is 0.728. The van der Waals surface area contributed by atoms with Crippen LogP contribution in [0, 0.1) is 0 Å². The molecule has 0 fully saturated rings. The van der Waals surface area contributed by atoms with E-state index in [0.717, 1.165) is 28.6 Å². The van der Waals surface area contributed by atoms with Gasteiger partial charge in [0.1, 0.15) is 0 Å². The Balaban J connectivity index is 2.27. The number of hydrogen-bond acceptors (Lipinski definition) is 6. The first kappa shape index (κ1) is 19.5. The molecule has 0 saturated heterocycles. The fraction of sp³-hybridized carbons (Fsp3) is 0.400. The largest absolute Gasteiger partial charge is 0.493 e. The average Bonchev–Trinajstić information content (AvgIpc) is 2.66. The third kappa shape index (κ3) is 3.36. The molecule has 1 aromatic rings. The van der Waals surface area contributed by atoms with Crippen molar-refractivity contribution in [3.63, 3.8) is 0 Å². The van der Waals surface area contributed by atoms with Crippen LogP contribution >= 0.6 is 15.9 Å². The highest BCUT2D eigenvalue weighted by Crippen LogP contribution is 2.47. The summed E-state index contributed by atoms with van der Waals surface area (Å²) in [4.78, 5) is 25.4. The summed E-state index contributed by atoms with van der Waals surface area (Å²) in [6.45, 7) is 1.83. The molecular weight excluding hydrogens is 414 g/mol. The Hall–Kier alpha value is -2.28. The Kier molecular flexibility index (Phi) is 5.60. The van der Waals surface area contributed by atoms with E-state index in [1.165, 1.54) is 7.11 Å². The third-order valence-corrected chi connectivity index (χ3v) is 5.68. The lowest BCUT2D eigenvalue weighted by Crippen LogP contribution is -2.34. The molecule has 0 amide bonds. The van der Waals surface area contributed by atoms with Crippen LogP contribution in [0.4, 0.5) is 0 Å². The van der Waals surface area contributed by atoms with Crippen molar-refractivity contribution < 1.29 is 23.8 Å². The Bertz CT molecular complexity index is 871. The number of rotatable bonds is 4. The number of hydrogen-bond donors (Lipinski definition) is 1. The predicted molar refractivity (Wildman–Crippen MR) is 104 cm³/mol. The molecule has 3 rings (SSSR count). The van der Waals surface area contributed by atoms with Crippen LogP contribution in [0.15, 0.2) is 39.1 Å². The molecule has 1 N–H and O–H groups in total. The summed E-state index contributed by atoms with van der Waals surface area (Å²) >= 11 is 3.58. The van der Waals surface area contributed by atoms with Gasteiger partial charge in [0.05, 0.1) is 26.9 Å². The van der Waals surface area contributed by atoms with Crippen LogP contribution in [0.3, 0.4) is 0 Å². The van der Waals surface area contributed by atoms with Crippen molar-refractivity contribution >= 4 is 27.7 Å². The van der Waals surface area contributed by atoms with Gasteiger partial charge in [-0.3, -0.25) is 4.79 Å². The van der Waals surface area contributed by atoms with Crippen LogP contribution in [-0.2, 0) is 14.3 Å². The van der Waals surface area contributed by atoms with Gasteiger partial charge in [-0.25, -0.2) is 4.79 Å². The number of carbonyl (C=O) groups excluding carboxylic acids is 2. The number of dihydropyridines is 1. The number of Topliss-reactive ketones (excluding diaryl/α,β-unsaturated/α-hetero) is 1. The number of benzene rings is 1. The molecule has 144 valence electrons. The molecular formula is C20H22BrNO5. The van der Waals surface area contributed by atoms with E-state index in [4.69, 9.17) is 14.2 Å². The number of ether oxygens (including phenoxy) is 3. The maximum absolute atomic E-state index is 12.8. The Morgan fingerprint density at radius 2 is 1.81 bits per heavy atom. The van der Waals surface area contributed by atoms with E-state index >= 15 is 0 Å². The SMILES string of the molecule is COC(=O)C1=C(C)NC2=C(C(=O)CCC2)[C@@H]1c1cc(OC)c(OC)cc1Br. The highest BCUT2D eigenvalue weighted by Gasteiger charge is 2.40. The molecule has 2 aliphatic rings. The van der Waals surface area contributed by atoms with Crippen molar-refractivity contribution in [1.29, 1.82) is 0 Å². The van der Waals surface area contributed by atoms with Gasteiger partial charge in [0.25, 0.3) is 0 Å². The van der Waals surface area contributed by atoms with Crippen LogP contribution < -0.4 is 14.8 Å². The molecule has 0 spiro atoms. The zero-order valence-corrected chi connectivity index (χ0v) is 17.4. The molecule has 1 atom stereocenters. The monoisotopic (exact) mass is 435 g/mol. The van der Waals surface area contributed by atoms with E-state index in [0.29, 0.717) is 34.8 Å². The lowest BCUT2D eigenvalue weighted by molar-refractivity contribution is -0.136. The topological polar surface area (TPSA) is 73.9 Å². The van der Waals surface area contributed by atoms with Crippen LogP contribution in [0.1, 0.15) is 37.7 Å². The summed E-state index contributed by atoms with van der Waals surface area (Å²) in [5.74, 6) is 0.143. The lowest BCUT2D eigenvalue weighted by Gasteiger charge is -2.34. The third-order valence-electron chi connectivity index (χ3n) is 5.00.